The summed E-state index contributed by atoms with van der Waals surface area (Å²) in [7, 11) is 0. The second-order valence-electron chi connectivity index (χ2n) is 4.31. The van der Waals surface area contributed by atoms with Gasteiger partial charge in [-0.2, -0.15) is 13.2 Å². The molecule has 0 heterocycles. The van der Waals surface area contributed by atoms with Crippen LogP contribution in [0, 0.1) is 5.82 Å². The number of alkyl halides is 3. The van der Waals surface area contributed by atoms with Crippen molar-refractivity contribution >= 4 is 0 Å². The Kier molecular flexibility index (Phi) is 3.97. The van der Waals surface area contributed by atoms with Gasteiger partial charge in [0.15, 0.2) is 11.6 Å². The summed E-state index contributed by atoms with van der Waals surface area (Å²) in [6, 6.07) is 10.5. The Bertz CT molecular complexity index is 575. The molecule has 1 unspecified atom stereocenters. The molecule has 2 aromatic rings. The van der Waals surface area contributed by atoms with Gasteiger partial charge in [0.1, 0.15) is 6.10 Å². The zero-order chi connectivity index (χ0) is 14.8. The van der Waals surface area contributed by atoms with Crippen LogP contribution >= 0.6 is 0 Å². The molecule has 0 fully saturated rings. The summed E-state index contributed by atoms with van der Waals surface area (Å²) in [5, 5.41) is 0. The van der Waals surface area contributed by atoms with Gasteiger partial charge in [0.25, 0.3) is 0 Å². The van der Waals surface area contributed by atoms with Crippen LogP contribution in [0.5, 0.6) is 5.75 Å². The molecule has 0 aliphatic rings. The maximum atomic E-state index is 13.4. The van der Waals surface area contributed by atoms with E-state index in [0.29, 0.717) is 5.56 Å². The molecular formula is C15H12F4O. The summed E-state index contributed by atoms with van der Waals surface area (Å²) in [4.78, 5) is 0. The quantitative estimate of drug-likeness (QED) is 0.722. The fraction of sp³-hybridized carbons (Fsp3) is 0.200. The van der Waals surface area contributed by atoms with Crippen LogP contribution in [0.25, 0.3) is 0 Å². The highest BCUT2D eigenvalue weighted by Crippen LogP contribution is 2.31. The lowest BCUT2D eigenvalue weighted by molar-refractivity contribution is -0.137. The van der Waals surface area contributed by atoms with Crippen molar-refractivity contribution in [3.8, 4) is 5.75 Å². The third kappa shape index (κ3) is 3.29. The highest BCUT2D eigenvalue weighted by molar-refractivity contribution is 5.28. The van der Waals surface area contributed by atoms with Crippen LogP contribution in [0.15, 0.2) is 48.5 Å². The molecule has 0 radical (unpaired) electrons. The van der Waals surface area contributed by atoms with Crippen molar-refractivity contribution in [3.63, 3.8) is 0 Å². The monoisotopic (exact) mass is 284 g/mol. The molecule has 0 saturated heterocycles. The first-order valence-electron chi connectivity index (χ1n) is 5.96. The van der Waals surface area contributed by atoms with Crippen molar-refractivity contribution in [1.29, 1.82) is 0 Å². The fourth-order valence-corrected chi connectivity index (χ4v) is 1.74. The van der Waals surface area contributed by atoms with Crippen LogP contribution in [0.1, 0.15) is 24.2 Å². The molecule has 0 aromatic heterocycles. The van der Waals surface area contributed by atoms with E-state index in [4.69, 9.17) is 4.74 Å². The summed E-state index contributed by atoms with van der Waals surface area (Å²) in [6.45, 7) is 1.65. The van der Waals surface area contributed by atoms with Gasteiger partial charge in [0, 0.05) is 0 Å². The molecule has 1 atom stereocenters. The number of ether oxygens (including phenoxy) is 1. The maximum absolute atomic E-state index is 13.4. The van der Waals surface area contributed by atoms with Gasteiger partial charge in [-0.25, -0.2) is 4.39 Å². The molecule has 0 amide bonds. The third-order valence-electron chi connectivity index (χ3n) is 2.85. The summed E-state index contributed by atoms with van der Waals surface area (Å²) in [6.07, 6.45) is -4.91. The van der Waals surface area contributed by atoms with E-state index in [1.165, 1.54) is 30.3 Å². The molecule has 0 bridgehead atoms. The van der Waals surface area contributed by atoms with E-state index >= 15 is 0 Å². The molecule has 5 heteroatoms. The van der Waals surface area contributed by atoms with Gasteiger partial charge < -0.3 is 4.74 Å². The Morgan fingerprint density at radius 1 is 0.950 bits per heavy atom. The second kappa shape index (κ2) is 5.53. The molecule has 0 aliphatic carbocycles. The predicted molar refractivity (Wildman–Crippen MR) is 66.9 cm³/mol. The van der Waals surface area contributed by atoms with E-state index in [2.05, 4.69) is 0 Å². The molecule has 0 N–H and O–H groups in total. The summed E-state index contributed by atoms with van der Waals surface area (Å²) in [5.41, 5.74) is -0.180. The van der Waals surface area contributed by atoms with Crippen LogP contribution in [0.4, 0.5) is 17.6 Å². The minimum absolute atomic E-state index is 0.0693. The first kappa shape index (κ1) is 14.4. The largest absolute Gasteiger partial charge is 0.483 e. The predicted octanol–water partition coefficient (Wildman–Crippen LogP) is 4.98. The lowest BCUT2D eigenvalue weighted by Crippen LogP contribution is -2.07. The zero-order valence-corrected chi connectivity index (χ0v) is 10.6. The van der Waals surface area contributed by atoms with E-state index in [1.807, 2.05) is 0 Å². The van der Waals surface area contributed by atoms with E-state index in [-0.39, 0.29) is 5.75 Å². The number of hydrogen-bond acceptors (Lipinski definition) is 1. The Hall–Kier alpha value is -2.04. The Labute approximate surface area is 113 Å². The highest BCUT2D eigenvalue weighted by Gasteiger charge is 2.30. The van der Waals surface area contributed by atoms with Crippen molar-refractivity contribution in [3.05, 3.63) is 65.5 Å². The lowest BCUT2D eigenvalue weighted by Gasteiger charge is -2.16. The normalized spacial score (nSPS) is 13.1. The SMILES string of the molecule is CC(Oc1ccccc1F)c1ccc(C(F)(F)F)cc1. The van der Waals surface area contributed by atoms with Gasteiger partial charge in [-0.15, -0.1) is 0 Å². The van der Waals surface area contributed by atoms with Gasteiger partial charge in [-0.3, -0.25) is 0 Å². The van der Waals surface area contributed by atoms with Crippen LogP contribution in [-0.2, 0) is 6.18 Å². The number of benzene rings is 2. The number of hydrogen-bond donors (Lipinski definition) is 0. The van der Waals surface area contributed by atoms with Crippen LogP contribution in [0.2, 0.25) is 0 Å². The second-order valence-corrected chi connectivity index (χ2v) is 4.31. The van der Waals surface area contributed by atoms with Gasteiger partial charge in [0.05, 0.1) is 5.56 Å². The molecule has 0 aliphatic heterocycles. The standard InChI is InChI=1S/C15H12F4O/c1-10(20-14-5-3-2-4-13(14)16)11-6-8-12(9-7-11)15(17,18)19/h2-10H,1H3. The molecule has 1 nitrogen and oxygen atoms in total. The smallest absolute Gasteiger partial charge is 0.416 e. The van der Waals surface area contributed by atoms with Crippen LogP contribution in [-0.4, -0.2) is 0 Å². The van der Waals surface area contributed by atoms with Crippen molar-refractivity contribution in [2.45, 2.75) is 19.2 Å². The molecule has 0 saturated carbocycles. The first-order valence-corrected chi connectivity index (χ1v) is 5.96. The first-order chi connectivity index (χ1) is 9.38. The van der Waals surface area contributed by atoms with Gasteiger partial charge >= 0.3 is 6.18 Å². The number of para-hydroxylation sites is 1. The summed E-state index contributed by atoms with van der Waals surface area (Å²) in [5.74, 6) is -0.439. The number of halogens is 4. The van der Waals surface area contributed by atoms with Crippen molar-refractivity contribution in [1.82, 2.24) is 0 Å². The third-order valence-corrected chi connectivity index (χ3v) is 2.85. The van der Waals surface area contributed by atoms with Crippen molar-refractivity contribution < 1.29 is 22.3 Å². The maximum Gasteiger partial charge on any atom is 0.416 e. The van der Waals surface area contributed by atoms with E-state index in [9.17, 15) is 17.6 Å². The fourth-order valence-electron chi connectivity index (χ4n) is 1.74. The minimum atomic E-state index is -4.37. The van der Waals surface area contributed by atoms with E-state index in [0.717, 1.165) is 12.1 Å². The van der Waals surface area contributed by atoms with Crippen molar-refractivity contribution in [2.24, 2.45) is 0 Å². The minimum Gasteiger partial charge on any atom is -0.483 e. The van der Waals surface area contributed by atoms with E-state index < -0.39 is 23.7 Å². The Morgan fingerprint density at radius 3 is 2.10 bits per heavy atom. The number of rotatable bonds is 3. The van der Waals surface area contributed by atoms with Gasteiger partial charge in [-0.1, -0.05) is 24.3 Å². The summed E-state index contributed by atoms with van der Waals surface area (Å²) < 4.78 is 56.1. The molecule has 20 heavy (non-hydrogen) atoms. The Balaban J connectivity index is 2.14. The topological polar surface area (TPSA) is 9.23 Å². The molecule has 2 rings (SSSR count). The van der Waals surface area contributed by atoms with E-state index in [1.54, 1.807) is 13.0 Å². The summed E-state index contributed by atoms with van der Waals surface area (Å²) >= 11 is 0. The average Bonchev–Trinajstić information content (AvgIpc) is 2.40. The molecular weight excluding hydrogens is 272 g/mol. The molecule has 0 spiro atoms. The van der Waals surface area contributed by atoms with Gasteiger partial charge in [-0.05, 0) is 36.8 Å². The molecule has 2 aromatic carbocycles. The lowest BCUT2D eigenvalue weighted by atomic mass is 10.1. The van der Waals surface area contributed by atoms with Crippen LogP contribution < -0.4 is 4.74 Å². The zero-order valence-electron chi connectivity index (χ0n) is 10.6. The Morgan fingerprint density at radius 2 is 1.55 bits per heavy atom. The highest BCUT2D eigenvalue weighted by atomic mass is 19.4. The average molecular weight is 284 g/mol. The van der Waals surface area contributed by atoms with Gasteiger partial charge in [0.2, 0.25) is 0 Å². The molecule has 106 valence electrons. The van der Waals surface area contributed by atoms with Crippen molar-refractivity contribution in [2.75, 3.05) is 0 Å². The van der Waals surface area contributed by atoms with Crippen LogP contribution in [0.3, 0.4) is 0 Å².